The van der Waals surface area contributed by atoms with E-state index in [4.69, 9.17) is 4.52 Å². The second kappa shape index (κ2) is 8.76. The van der Waals surface area contributed by atoms with Crippen molar-refractivity contribution in [3.63, 3.8) is 0 Å². The molecule has 2 fully saturated rings. The Bertz CT molecular complexity index is 847. The summed E-state index contributed by atoms with van der Waals surface area (Å²) in [5.41, 5.74) is 1.58. The van der Waals surface area contributed by atoms with Crippen molar-refractivity contribution < 1.29 is 14.1 Å². The zero-order valence-corrected chi connectivity index (χ0v) is 16.9. The molecule has 0 atom stereocenters. The number of hydrogen-bond donors (Lipinski definition) is 1. The van der Waals surface area contributed by atoms with E-state index in [0.717, 1.165) is 50.0 Å². The van der Waals surface area contributed by atoms with Crippen molar-refractivity contribution in [2.24, 2.45) is 5.92 Å². The average Bonchev–Trinajstić information content (AvgIpc) is 3.24. The SMILES string of the molecule is CC(=O)Nc1ccc(-c2noc(C3CCN(C(=O)C4CCCCC4)CC3)n2)cc1. The molecule has 1 N–H and O–H groups in total. The van der Waals surface area contributed by atoms with E-state index in [2.05, 4.69) is 15.5 Å². The highest BCUT2D eigenvalue weighted by molar-refractivity contribution is 5.88. The molecule has 1 aromatic carbocycles. The standard InChI is InChI=1S/C22H28N4O3/c1-15(27)23-19-9-7-16(8-10-19)20-24-21(29-25-20)17-11-13-26(14-12-17)22(28)18-5-3-2-4-6-18/h7-10,17-18H,2-6,11-14H2,1H3,(H,23,27). The molecule has 2 aliphatic rings. The Morgan fingerprint density at radius 2 is 1.72 bits per heavy atom. The highest BCUT2D eigenvalue weighted by Crippen LogP contribution is 2.31. The molecule has 7 nitrogen and oxygen atoms in total. The number of hydrogen-bond acceptors (Lipinski definition) is 5. The topological polar surface area (TPSA) is 88.3 Å². The lowest BCUT2D eigenvalue weighted by Crippen LogP contribution is -2.41. The molecule has 1 aliphatic heterocycles. The molecule has 154 valence electrons. The van der Waals surface area contributed by atoms with E-state index >= 15 is 0 Å². The Kier molecular flexibility index (Phi) is 5.92. The molecule has 0 spiro atoms. The summed E-state index contributed by atoms with van der Waals surface area (Å²) in [6, 6.07) is 7.38. The second-order valence-electron chi connectivity index (χ2n) is 8.15. The summed E-state index contributed by atoms with van der Waals surface area (Å²) in [6.45, 7) is 3.01. The normalized spacial score (nSPS) is 18.6. The minimum absolute atomic E-state index is 0.104. The van der Waals surface area contributed by atoms with Gasteiger partial charge in [0.05, 0.1) is 0 Å². The number of carbonyl (C=O) groups is 2. The molecule has 4 rings (SSSR count). The van der Waals surface area contributed by atoms with Crippen molar-refractivity contribution in [2.75, 3.05) is 18.4 Å². The Balaban J connectivity index is 1.34. The quantitative estimate of drug-likeness (QED) is 0.844. The van der Waals surface area contributed by atoms with Crippen molar-refractivity contribution in [3.8, 4) is 11.4 Å². The van der Waals surface area contributed by atoms with Gasteiger partial charge in [0.1, 0.15) is 0 Å². The van der Waals surface area contributed by atoms with Gasteiger partial charge >= 0.3 is 0 Å². The summed E-state index contributed by atoms with van der Waals surface area (Å²) in [5.74, 6) is 1.87. The van der Waals surface area contributed by atoms with Crippen LogP contribution in [-0.4, -0.2) is 39.9 Å². The van der Waals surface area contributed by atoms with Gasteiger partial charge in [-0.05, 0) is 49.9 Å². The summed E-state index contributed by atoms with van der Waals surface area (Å²) in [7, 11) is 0. The third kappa shape index (κ3) is 4.66. The smallest absolute Gasteiger partial charge is 0.230 e. The fourth-order valence-corrected chi connectivity index (χ4v) is 4.38. The summed E-state index contributed by atoms with van der Waals surface area (Å²) < 4.78 is 5.53. The average molecular weight is 396 g/mol. The van der Waals surface area contributed by atoms with Gasteiger partial charge in [-0.2, -0.15) is 4.98 Å². The first-order valence-electron chi connectivity index (χ1n) is 10.6. The number of nitrogens with zero attached hydrogens (tertiary/aromatic N) is 3. The maximum absolute atomic E-state index is 12.7. The molecule has 0 bridgehead atoms. The molecular weight excluding hydrogens is 368 g/mol. The van der Waals surface area contributed by atoms with Gasteiger partial charge in [-0.1, -0.05) is 24.4 Å². The van der Waals surface area contributed by atoms with Crippen molar-refractivity contribution in [3.05, 3.63) is 30.2 Å². The molecule has 1 aromatic heterocycles. The van der Waals surface area contributed by atoms with Gasteiger partial charge in [0.25, 0.3) is 0 Å². The maximum Gasteiger partial charge on any atom is 0.230 e. The highest BCUT2D eigenvalue weighted by atomic mass is 16.5. The molecule has 1 saturated heterocycles. The summed E-state index contributed by atoms with van der Waals surface area (Å²) in [4.78, 5) is 30.5. The van der Waals surface area contributed by atoms with E-state index in [1.165, 1.54) is 26.2 Å². The number of carbonyl (C=O) groups excluding carboxylic acids is 2. The number of piperidine rings is 1. The van der Waals surface area contributed by atoms with Crippen LogP contribution in [0.3, 0.4) is 0 Å². The van der Waals surface area contributed by atoms with Crippen LogP contribution in [0, 0.1) is 5.92 Å². The number of benzene rings is 1. The molecule has 29 heavy (non-hydrogen) atoms. The van der Waals surface area contributed by atoms with E-state index in [-0.39, 0.29) is 17.7 Å². The lowest BCUT2D eigenvalue weighted by Gasteiger charge is -2.34. The summed E-state index contributed by atoms with van der Waals surface area (Å²) in [6.07, 6.45) is 7.45. The van der Waals surface area contributed by atoms with Crippen LogP contribution in [0.1, 0.15) is 63.7 Å². The predicted molar refractivity (Wildman–Crippen MR) is 109 cm³/mol. The lowest BCUT2D eigenvalue weighted by molar-refractivity contribution is -0.137. The van der Waals surface area contributed by atoms with Crippen molar-refractivity contribution >= 4 is 17.5 Å². The number of nitrogens with one attached hydrogen (secondary N) is 1. The van der Waals surface area contributed by atoms with Crippen LogP contribution in [-0.2, 0) is 9.59 Å². The highest BCUT2D eigenvalue weighted by Gasteiger charge is 2.31. The largest absolute Gasteiger partial charge is 0.342 e. The van der Waals surface area contributed by atoms with Crippen LogP contribution in [0.4, 0.5) is 5.69 Å². The third-order valence-corrected chi connectivity index (χ3v) is 6.02. The number of amides is 2. The van der Waals surface area contributed by atoms with E-state index < -0.39 is 0 Å². The minimum atomic E-state index is -0.104. The molecule has 7 heteroatoms. The van der Waals surface area contributed by atoms with Gasteiger partial charge in [0, 0.05) is 43.1 Å². The van der Waals surface area contributed by atoms with Crippen LogP contribution >= 0.6 is 0 Å². The van der Waals surface area contributed by atoms with E-state index in [1.807, 2.05) is 29.2 Å². The van der Waals surface area contributed by atoms with Gasteiger partial charge in [-0.25, -0.2) is 0 Å². The zero-order chi connectivity index (χ0) is 20.2. The van der Waals surface area contributed by atoms with Crippen molar-refractivity contribution in [1.82, 2.24) is 15.0 Å². The van der Waals surface area contributed by atoms with Crippen molar-refractivity contribution in [2.45, 2.75) is 57.8 Å². The first-order valence-corrected chi connectivity index (χ1v) is 10.6. The molecule has 2 amide bonds. The zero-order valence-electron chi connectivity index (χ0n) is 16.9. The molecule has 0 radical (unpaired) electrons. The first-order chi connectivity index (χ1) is 14.1. The van der Waals surface area contributed by atoms with Crippen molar-refractivity contribution in [1.29, 1.82) is 0 Å². The number of rotatable bonds is 4. The van der Waals surface area contributed by atoms with E-state index in [0.29, 0.717) is 17.6 Å². The summed E-state index contributed by atoms with van der Waals surface area (Å²) >= 11 is 0. The van der Waals surface area contributed by atoms with E-state index in [9.17, 15) is 9.59 Å². The van der Waals surface area contributed by atoms with Gasteiger partial charge in [0.15, 0.2) is 0 Å². The Labute approximate surface area is 170 Å². The maximum atomic E-state index is 12.7. The Morgan fingerprint density at radius 3 is 2.38 bits per heavy atom. The molecule has 0 unspecified atom stereocenters. The Hall–Kier alpha value is -2.70. The molecule has 1 aliphatic carbocycles. The number of anilines is 1. The minimum Gasteiger partial charge on any atom is -0.342 e. The molecule has 1 saturated carbocycles. The summed E-state index contributed by atoms with van der Waals surface area (Å²) in [5, 5.41) is 6.87. The van der Waals surface area contributed by atoms with Crippen LogP contribution in [0.2, 0.25) is 0 Å². The third-order valence-electron chi connectivity index (χ3n) is 6.02. The fraction of sp³-hybridized carbons (Fsp3) is 0.545. The number of likely N-dealkylation sites (tertiary alicyclic amines) is 1. The predicted octanol–water partition coefficient (Wildman–Crippen LogP) is 3.98. The van der Waals surface area contributed by atoms with Gasteiger partial charge in [-0.3, -0.25) is 9.59 Å². The van der Waals surface area contributed by atoms with Crippen LogP contribution < -0.4 is 5.32 Å². The van der Waals surface area contributed by atoms with Gasteiger partial charge in [0.2, 0.25) is 23.5 Å². The van der Waals surface area contributed by atoms with Gasteiger partial charge < -0.3 is 14.7 Å². The van der Waals surface area contributed by atoms with Crippen LogP contribution in [0.25, 0.3) is 11.4 Å². The molecule has 2 heterocycles. The monoisotopic (exact) mass is 396 g/mol. The van der Waals surface area contributed by atoms with E-state index in [1.54, 1.807) is 0 Å². The first kappa shape index (κ1) is 19.6. The lowest BCUT2D eigenvalue weighted by atomic mass is 9.87. The Morgan fingerprint density at radius 1 is 1.03 bits per heavy atom. The van der Waals surface area contributed by atoms with Crippen LogP contribution in [0.5, 0.6) is 0 Å². The number of aromatic nitrogens is 2. The van der Waals surface area contributed by atoms with Crippen LogP contribution in [0.15, 0.2) is 28.8 Å². The fourth-order valence-electron chi connectivity index (χ4n) is 4.38. The van der Waals surface area contributed by atoms with Gasteiger partial charge in [-0.15, -0.1) is 0 Å². The molecule has 2 aromatic rings. The molecular formula is C22H28N4O3. The second-order valence-corrected chi connectivity index (χ2v) is 8.15.